The molecule has 1 aromatic carbocycles. The van der Waals surface area contributed by atoms with E-state index in [2.05, 4.69) is 15.9 Å². The Morgan fingerprint density at radius 3 is 2.33 bits per heavy atom. The van der Waals surface area contributed by atoms with E-state index in [1.807, 2.05) is 4.90 Å². The Hall–Kier alpha value is -1.22. The van der Waals surface area contributed by atoms with Gasteiger partial charge in [-0.2, -0.15) is 18.4 Å². The lowest BCUT2D eigenvalue weighted by molar-refractivity contribution is -0.137. The maximum absolute atomic E-state index is 12.8. The maximum atomic E-state index is 12.8. The first-order valence-electron chi connectivity index (χ1n) is 5.49. The molecule has 1 fully saturated rings. The SMILES string of the molecule is N#Cc1cc(Br)c(N2CCCC2)cc1C(F)(F)F. The first kappa shape index (κ1) is 13.2. The van der Waals surface area contributed by atoms with Crippen molar-refractivity contribution in [1.82, 2.24) is 0 Å². The summed E-state index contributed by atoms with van der Waals surface area (Å²) in [6, 6.07) is 3.90. The van der Waals surface area contributed by atoms with Crippen LogP contribution in [0.3, 0.4) is 0 Å². The van der Waals surface area contributed by atoms with Crippen molar-refractivity contribution in [3.8, 4) is 6.07 Å². The Labute approximate surface area is 111 Å². The van der Waals surface area contributed by atoms with Gasteiger partial charge >= 0.3 is 6.18 Å². The summed E-state index contributed by atoms with van der Waals surface area (Å²) < 4.78 is 39.1. The molecule has 1 aliphatic heterocycles. The van der Waals surface area contributed by atoms with Gasteiger partial charge in [0, 0.05) is 17.6 Å². The van der Waals surface area contributed by atoms with E-state index in [0.717, 1.165) is 32.0 Å². The van der Waals surface area contributed by atoms with Crippen molar-refractivity contribution < 1.29 is 13.2 Å². The molecule has 0 bridgehead atoms. The monoisotopic (exact) mass is 318 g/mol. The van der Waals surface area contributed by atoms with Gasteiger partial charge in [-0.15, -0.1) is 0 Å². The van der Waals surface area contributed by atoms with Crippen LogP contribution in [0.2, 0.25) is 0 Å². The number of alkyl halides is 3. The summed E-state index contributed by atoms with van der Waals surface area (Å²) in [5.41, 5.74) is -0.703. The molecule has 0 unspecified atom stereocenters. The zero-order valence-corrected chi connectivity index (χ0v) is 11.0. The Bertz CT molecular complexity index is 499. The predicted octanol–water partition coefficient (Wildman–Crippen LogP) is 3.94. The maximum Gasteiger partial charge on any atom is 0.417 e. The lowest BCUT2D eigenvalue weighted by Crippen LogP contribution is -2.19. The van der Waals surface area contributed by atoms with Crippen LogP contribution in [0.4, 0.5) is 18.9 Å². The molecule has 0 aliphatic carbocycles. The largest absolute Gasteiger partial charge is 0.417 e. The summed E-state index contributed by atoms with van der Waals surface area (Å²) in [5, 5.41) is 8.78. The van der Waals surface area contributed by atoms with E-state index in [-0.39, 0.29) is 5.56 Å². The van der Waals surface area contributed by atoms with Crippen LogP contribution in [-0.2, 0) is 6.18 Å². The van der Waals surface area contributed by atoms with Gasteiger partial charge in [0.25, 0.3) is 0 Å². The highest BCUT2D eigenvalue weighted by molar-refractivity contribution is 9.10. The number of halogens is 4. The fraction of sp³-hybridized carbons (Fsp3) is 0.417. The second kappa shape index (κ2) is 4.81. The van der Waals surface area contributed by atoms with E-state index in [1.165, 1.54) is 6.07 Å². The predicted molar refractivity (Wildman–Crippen MR) is 65.3 cm³/mol. The molecule has 0 saturated carbocycles. The molecule has 0 radical (unpaired) electrons. The molecule has 96 valence electrons. The topological polar surface area (TPSA) is 27.0 Å². The van der Waals surface area contributed by atoms with Gasteiger partial charge in [-0.1, -0.05) is 0 Å². The van der Waals surface area contributed by atoms with Crippen LogP contribution in [-0.4, -0.2) is 13.1 Å². The van der Waals surface area contributed by atoms with E-state index >= 15 is 0 Å². The average Bonchev–Trinajstić information content (AvgIpc) is 2.80. The quantitative estimate of drug-likeness (QED) is 0.784. The van der Waals surface area contributed by atoms with Crippen molar-refractivity contribution in [3.63, 3.8) is 0 Å². The lowest BCUT2D eigenvalue weighted by Gasteiger charge is -2.21. The van der Waals surface area contributed by atoms with Crippen LogP contribution in [0.5, 0.6) is 0 Å². The molecular weight excluding hydrogens is 309 g/mol. The summed E-state index contributed by atoms with van der Waals surface area (Å²) in [4.78, 5) is 1.90. The Kier molecular flexibility index (Phi) is 3.53. The molecule has 2 rings (SSSR count). The van der Waals surface area contributed by atoms with Gasteiger partial charge in [-0.25, -0.2) is 0 Å². The highest BCUT2D eigenvalue weighted by atomic mass is 79.9. The van der Waals surface area contributed by atoms with Crippen molar-refractivity contribution in [2.75, 3.05) is 18.0 Å². The Morgan fingerprint density at radius 2 is 1.83 bits per heavy atom. The molecule has 18 heavy (non-hydrogen) atoms. The van der Waals surface area contributed by atoms with E-state index in [1.54, 1.807) is 6.07 Å². The average molecular weight is 319 g/mol. The number of anilines is 1. The number of nitriles is 1. The van der Waals surface area contributed by atoms with Crippen LogP contribution < -0.4 is 4.90 Å². The fourth-order valence-electron chi connectivity index (χ4n) is 2.09. The smallest absolute Gasteiger partial charge is 0.371 e. The van der Waals surface area contributed by atoms with Crippen LogP contribution in [0.1, 0.15) is 24.0 Å². The van der Waals surface area contributed by atoms with Gasteiger partial charge in [0.05, 0.1) is 22.9 Å². The molecule has 1 aliphatic rings. The molecule has 0 atom stereocenters. The summed E-state index contributed by atoms with van der Waals surface area (Å²) in [7, 11) is 0. The second-order valence-corrected chi connectivity index (χ2v) is 5.01. The van der Waals surface area contributed by atoms with E-state index in [9.17, 15) is 13.2 Å². The van der Waals surface area contributed by atoms with Gasteiger partial charge in [-0.3, -0.25) is 0 Å². The normalized spacial score (nSPS) is 15.8. The van der Waals surface area contributed by atoms with E-state index in [4.69, 9.17) is 5.26 Å². The van der Waals surface area contributed by atoms with Crippen LogP contribution in [0, 0.1) is 11.3 Å². The van der Waals surface area contributed by atoms with Crippen molar-refractivity contribution in [1.29, 1.82) is 5.26 Å². The van der Waals surface area contributed by atoms with Crippen molar-refractivity contribution in [2.45, 2.75) is 19.0 Å². The number of hydrogen-bond donors (Lipinski definition) is 0. The summed E-state index contributed by atoms with van der Waals surface area (Å²) in [6.45, 7) is 1.50. The zero-order valence-electron chi connectivity index (χ0n) is 9.39. The van der Waals surface area contributed by atoms with Crippen LogP contribution in [0.15, 0.2) is 16.6 Å². The first-order valence-corrected chi connectivity index (χ1v) is 6.28. The van der Waals surface area contributed by atoms with Gasteiger partial charge in [0.2, 0.25) is 0 Å². The lowest BCUT2D eigenvalue weighted by atomic mass is 10.1. The van der Waals surface area contributed by atoms with Gasteiger partial charge < -0.3 is 4.90 Å². The van der Waals surface area contributed by atoms with Crippen molar-refractivity contribution >= 4 is 21.6 Å². The molecule has 6 heteroatoms. The van der Waals surface area contributed by atoms with Crippen molar-refractivity contribution in [3.05, 3.63) is 27.7 Å². The summed E-state index contributed by atoms with van der Waals surface area (Å²) in [6.07, 6.45) is -2.54. The van der Waals surface area contributed by atoms with Gasteiger partial charge in [-0.05, 0) is 40.9 Å². The summed E-state index contributed by atoms with van der Waals surface area (Å²) in [5.74, 6) is 0. The van der Waals surface area contributed by atoms with Gasteiger partial charge in [0.15, 0.2) is 0 Å². The third kappa shape index (κ3) is 2.46. The van der Waals surface area contributed by atoms with Crippen molar-refractivity contribution in [2.24, 2.45) is 0 Å². The zero-order chi connectivity index (χ0) is 13.3. The number of nitrogens with zero attached hydrogens (tertiary/aromatic N) is 2. The minimum Gasteiger partial charge on any atom is -0.371 e. The first-order chi connectivity index (χ1) is 8.43. The molecule has 2 nitrogen and oxygen atoms in total. The summed E-state index contributed by atoms with van der Waals surface area (Å²) >= 11 is 3.24. The minimum absolute atomic E-state index is 0.350. The molecule has 1 aromatic rings. The third-order valence-corrected chi connectivity index (χ3v) is 3.59. The van der Waals surface area contributed by atoms with E-state index < -0.39 is 11.7 Å². The fourth-order valence-corrected chi connectivity index (χ4v) is 2.68. The van der Waals surface area contributed by atoms with E-state index in [0.29, 0.717) is 10.2 Å². The Balaban J connectivity index is 2.52. The molecule has 1 heterocycles. The van der Waals surface area contributed by atoms with Gasteiger partial charge in [0.1, 0.15) is 0 Å². The Morgan fingerprint density at radius 1 is 1.22 bits per heavy atom. The number of rotatable bonds is 1. The highest BCUT2D eigenvalue weighted by Gasteiger charge is 2.35. The minimum atomic E-state index is -4.50. The third-order valence-electron chi connectivity index (χ3n) is 2.96. The van der Waals surface area contributed by atoms with Crippen LogP contribution >= 0.6 is 15.9 Å². The number of benzene rings is 1. The van der Waals surface area contributed by atoms with Crippen LogP contribution in [0.25, 0.3) is 0 Å². The molecule has 0 spiro atoms. The molecule has 0 aromatic heterocycles. The standard InChI is InChI=1S/C12H10BrF3N2/c13-10-5-8(7-17)9(12(14,15)16)6-11(10)18-3-1-2-4-18/h5-6H,1-4H2. The molecule has 0 N–H and O–H groups in total. The highest BCUT2D eigenvalue weighted by Crippen LogP contribution is 2.38. The second-order valence-electron chi connectivity index (χ2n) is 4.15. The molecule has 0 amide bonds. The molecular formula is C12H10BrF3N2. The number of hydrogen-bond acceptors (Lipinski definition) is 2. The molecule has 1 saturated heterocycles.